The van der Waals surface area contributed by atoms with E-state index in [1.165, 1.54) is 0 Å². The lowest BCUT2D eigenvalue weighted by atomic mass is 10.2. The Morgan fingerprint density at radius 1 is 1.41 bits per heavy atom. The van der Waals surface area contributed by atoms with Crippen LogP contribution in [-0.2, 0) is 9.53 Å². The number of hydrogen-bond acceptors (Lipinski definition) is 3. The fourth-order valence-electron chi connectivity index (χ4n) is 2.13. The molecular formula is C16H23N3O3. The van der Waals surface area contributed by atoms with E-state index in [0.29, 0.717) is 31.3 Å². The largest absolute Gasteiger partial charge is 0.368 e. The van der Waals surface area contributed by atoms with Crippen LogP contribution in [0.3, 0.4) is 0 Å². The Morgan fingerprint density at radius 3 is 2.82 bits per heavy atom. The van der Waals surface area contributed by atoms with Crippen LogP contribution >= 0.6 is 0 Å². The van der Waals surface area contributed by atoms with Crippen molar-refractivity contribution in [1.82, 2.24) is 5.32 Å². The fraction of sp³-hybridized carbons (Fsp3) is 0.500. The average Bonchev–Trinajstić information content (AvgIpc) is 2.91. The van der Waals surface area contributed by atoms with Crippen LogP contribution in [-0.4, -0.2) is 37.7 Å². The van der Waals surface area contributed by atoms with E-state index in [-0.39, 0.29) is 11.9 Å². The first kappa shape index (κ1) is 16.3. The summed E-state index contributed by atoms with van der Waals surface area (Å²) in [5, 5.41) is 5.58. The molecule has 2 N–H and O–H groups in total. The molecule has 0 bridgehead atoms. The first-order chi connectivity index (χ1) is 10.5. The zero-order valence-corrected chi connectivity index (χ0v) is 13.3. The summed E-state index contributed by atoms with van der Waals surface area (Å²) in [6.07, 6.45) is -0.513. The highest BCUT2D eigenvalue weighted by molar-refractivity contribution is 5.97. The molecule has 1 atom stereocenters. The van der Waals surface area contributed by atoms with Crippen molar-refractivity contribution in [3.63, 3.8) is 0 Å². The molecular weight excluding hydrogens is 282 g/mol. The number of benzene rings is 1. The number of anilines is 2. The molecule has 0 aromatic heterocycles. The molecule has 0 aliphatic carbocycles. The predicted molar refractivity (Wildman–Crippen MR) is 86.1 cm³/mol. The van der Waals surface area contributed by atoms with Gasteiger partial charge in [-0.2, -0.15) is 0 Å². The van der Waals surface area contributed by atoms with Crippen molar-refractivity contribution < 1.29 is 14.3 Å². The molecule has 1 aromatic rings. The number of amides is 3. The minimum atomic E-state index is -0.513. The molecule has 1 aliphatic rings. The van der Waals surface area contributed by atoms with Gasteiger partial charge in [-0.1, -0.05) is 19.9 Å². The van der Waals surface area contributed by atoms with Crippen molar-refractivity contribution in [2.75, 3.05) is 29.9 Å². The SMILES string of the molecule is CC(C)CO[C@H](C)C(=O)Nc1cccc(N2CCNC2=O)c1. The summed E-state index contributed by atoms with van der Waals surface area (Å²) in [5.41, 5.74) is 1.42. The maximum Gasteiger partial charge on any atom is 0.321 e. The third-order valence-corrected chi connectivity index (χ3v) is 3.33. The van der Waals surface area contributed by atoms with Crippen molar-refractivity contribution in [2.45, 2.75) is 26.9 Å². The summed E-state index contributed by atoms with van der Waals surface area (Å²) >= 11 is 0. The van der Waals surface area contributed by atoms with E-state index in [0.717, 1.165) is 5.69 Å². The molecule has 1 fully saturated rings. The Balaban J connectivity index is 1.98. The number of carbonyl (C=O) groups is 2. The zero-order valence-electron chi connectivity index (χ0n) is 13.3. The lowest BCUT2D eigenvalue weighted by Gasteiger charge is -2.17. The molecule has 3 amide bonds. The minimum Gasteiger partial charge on any atom is -0.368 e. The molecule has 6 heteroatoms. The third kappa shape index (κ3) is 4.21. The number of ether oxygens (including phenoxy) is 1. The van der Waals surface area contributed by atoms with Crippen molar-refractivity contribution in [3.05, 3.63) is 24.3 Å². The summed E-state index contributed by atoms with van der Waals surface area (Å²) in [6, 6.07) is 7.13. The molecule has 0 saturated carbocycles. The maximum atomic E-state index is 12.1. The molecule has 6 nitrogen and oxygen atoms in total. The van der Waals surface area contributed by atoms with E-state index in [1.54, 1.807) is 24.0 Å². The Hall–Kier alpha value is -2.08. The number of hydrogen-bond donors (Lipinski definition) is 2. The molecule has 2 rings (SSSR count). The quantitative estimate of drug-likeness (QED) is 0.846. The second-order valence-corrected chi connectivity index (χ2v) is 5.79. The highest BCUT2D eigenvalue weighted by atomic mass is 16.5. The number of carbonyl (C=O) groups excluding carboxylic acids is 2. The van der Waals surface area contributed by atoms with Crippen LogP contribution in [0.25, 0.3) is 0 Å². The summed E-state index contributed by atoms with van der Waals surface area (Å²) in [5.74, 6) is 0.191. The van der Waals surface area contributed by atoms with E-state index >= 15 is 0 Å². The average molecular weight is 305 g/mol. The molecule has 0 radical (unpaired) electrons. The van der Waals surface area contributed by atoms with Gasteiger partial charge in [0.15, 0.2) is 0 Å². The van der Waals surface area contributed by atoms with Crippen molar-refractivity contribution in [2.24, 2.45) is 5.92 Å². The van der Waals surface area contributed by atoms with E-state index in [9.17, 15) is 9.59 Å². The van der Waals surface area contributed by atoms with Gasteiger partial charge in [-0.15, -0.1) is 0 Å². The van der Waals surface area contributed by atoms with Gasteiger partial charge in [0.05, 0.1) is 0 Å². The highest BCUT2D eigenvalue weighted by Gasteiger charge is 2.21. The van der Waals surface area contributed by atoms with Crippen LogP contribution in [0.15, 0.2) is 24.3 Å². The van der Waals surface area contributed by atoms with Crippen LogP contribution in [0.4, 0.5) is 16.2 Å². The molecule has 1 aromatic carbocycles. The van der Waals surface area contributed by atoms with E-state index in [2.05, 4.69) is 10.6 Å². The summed E-state index contributed by atoms with van der Waals surface area (Å²) in [4.78, 5) is 25.4. The van der Waals surface area contributed by atoms with E-state index < -0.39 is 6.10 Å². The van der Waals surface area contributed by atoms with Crippen LogP contribution in [0.5, 0.6) is 0 Å². The Bertz CT molecular complexity index is 545. The molecule has 1 aliphatic heterocycles. The van der Waals surface area contributed by atoms with E-state index in [1.807, 2.05) is 26.0 Å². The van der Waals surface area contributed by atoms with Gasteiger partial charge < -0.3 is 15.4 Å². The van der Waals surface area contributed by atoms with Crippen LogP contribution in [0, 0.1) is 5.92 Å². The highest BCUT2D eigenvalue weighted by Crippen LogP contribution is 2.21. The smallest absolute Gasteiger partial charge is 0.321 e. The summed E-state index contributed by atoms with van der Waals surface area (Å²) in [7, 11) is 0. The normalized spacial score (nSPS) is 15.8. The van der Waals surface area contributed by atoms with Crippen LogP contribution in [0.1, 0.15) is 20.8 Å². The Morgan fingerprint density at radius 2 is 2.18 bits per heavy atom. The fourth-order valence-corrected chi connectivity index (χ4v) is 2.13. The molecule has 0 spiro atoms. The Kier molecular flexibility index (Phi) is 5.38. The number of nitrogens with zero attached hydrogens (tertiary/aromatic N) is 1. The third-order valence-electron chi connectivity index (χ3n) is 3.33. The molecule has 1 heterocycles. The van der Waals surface area contributed by atoms with Gasteiger partial charge in [0.25, 0.3) is 5.91 Å². The van der Waals surface area contributed by atoms with Gasteiger partial charge in [-0.25, -0.2) is 4.79 Å². The van der Waals surface area contributed by atoms with Gasteiger partial charge >= 0.3 is 6.03 Å². The molecule has 0 unspecified atom stereocenters. The number of rotatable bonds is 6. The van der Waals surface area contributed by atoms with Gasteiger partial charge in [0.2, 0.25) is 0 Å². The lowest BCUT2D eigenvalue weighted by Crippen LogP contribution is -2.29. The van der Waals surface area contributed by atoms with Gasteiger partial charge in [-0.05, 0) is 31.0 Å². The van der Waals surface area contributed by atoms with Crippen molar-refractivity contribution in [3.8, 4) is 0 Å². The Labute approximate surface area is 130 Å². The van der Waals surface area contributed by atoms with Gasteiger partial charge in [-0.3, -0.25) is 9.69 Å². The topological polar surface area (TPSA) is 70.7 Å². The van der Waals surface area contributed by atoms with E-state index in [4.69, 9.17) is 4.74 Å². The number of urea groups is 1. The molecule has 120 valence electrons. The zero-order chi connectivity index (χ0) is 16.1. The van der Waals surface area contributed by atoms with Gasteiger partial charge in [0.1, 0.15) is 6.10 Å². The first-order valence-corrected chi connectivity index (χ1v) is 7.55. The monoisotopic (exact) mass is 305 g/mol. The minimum absolute atomic E-state index is 0.114. The lowest BCUT2D eigenvalue weighted by molar-refractivity contribution is -0.126. The van der Waals surface area contributed by atoms with Crippen molar-refractivity contribution >= 4 is 23.3 Å². The predicted octanol–water partition coefficient (Wildman–Crippen LogP) is 2.22. The standard InChI is InChI=1S/C16H23N3O3/c1-11(2)10-22-12(3)15(20)18-13-5-4-6-14(9-13)19-8-7-17-16(19)21/h4-6,9,11-12H,7-8,10H2,1-3H3,(H,17,21)(H,18,20)/t12-/m1/s1. The van der Waals surface area contributed by atoms with Crippen molar-refractivity contribution in [1.29, 1.82) is 0 Å². The van der Waals surface area contributed by atoms with Crippen LogP contribution in [0.2, 0.25) is 0 Å². The first-order valence-electron chi connectivity index (χ1n) is 7.55. The number of nitrogens with one attached hydrogen (secondary N) is 2. The molecule has 22 heavy (non-hydrogen) atoms. The second kappa shape index (κ2) is 7.26. The maximum absolute atomic E-state index is 12.1. The second-order valence-electron chi connectivity index (χ2n) is 5.79. The molecule has 1 saturated heterocycles. The summed E-state index contributed by atoms with van der Waals surface area (Å²) < 4.78 is 5.50. The summed E-state index contributed by atoms with van der Waals surface area (Å²) in [6.45, 7) is 7.61. The van der Waals surface area contributed by atoms with Gasteiger partial charge in [0, 0.05) is 31.1 Å². The van der Waals surface area contributed by atoms with Crippen LogP contribution < -0.4 is 15.5 Å².